The van der Waals surface area contributed by atoms with Gasteiger partial charge in [0, 0.05) is 31.5 Å². The fraction of sp³-hybridized carbons (Fsp3) is 0.643. The van der Waals surface area contributed by atoms with E-state index >= 15 is 0 Å². The monoisotopic (exact) mass is 342 g/mol. The van der Waals surface area contributed by atoms with Gasteiger partial charge in [0.1, 0.15) is 0 Å². The van der Waals surface area contributed by atoms with Crippen molar-refractivity contribution >= 4 is 20.5 Å². The van der Waals surface area contributed by atoms with Crippen LogP contribution in [0.4, 0.5) is 10.7 Å². The van der Waals surface area contributed by atoms with Crippen LogP contribution in [0, 0.1) is 6.92 Å². The Hall–Kier alpha value is -1.71. The zero-order chi connectivity index (χ0) is 17.3. The molecular weight excluding hydrogens is 316 g/mol. The van der Waals surface area contributed by atoms with Crippen molar-refractivity contribution in [2.45, 2.75) is 39.8 Å². The first-order valence-electron chi connectivity index (χ1n) is 7.79. The number of urea groups is 1. The van der Waals surface area contributed by atoms with Crippen LogP contribution in [-0.2, 0) is 8.85 Å². The predicted molar refractivity (Wildman–Crippen MR) is 90.9 cm³/mol. The normalized spacial score (nSPS) is 11.3. The molecule has 0 aromatic carbocycles. The van der Waals surface area contributed by atoms with Gasteiger partial charge in [0.25, 0.3) is 5.56 Å². The van der Waals surface area contributed by atoms with Crippen LogP contribution in [0.1, 0.15) is 26.0 Å². The molecule has 1 aromatic rings. The number of aryl methyl sites for hydroxylation is 1. The minimum Gasteiger partial charge on any atom is -0.395 e. The Morgan fingerprint density at radius 2 is 2.00 bits per heavy atom. The van der Waals surface area contributed by atoms with E-state index in [0.29, 0.717) is 25.5 Å². The summed E-state index contributed by atoms with van der Waals surface area (Å²) in [5, 5.41) is 5.23. The lowest BCUT2D eigenvalue weighted by Gasteiger charge is -2.25. The zero-order valence-corrected chi connectivity index (χ0v) is 15.2. The second-order valence-corrected chi connectivity index (χ2v) is 8.58. The van der Waals surface area contributed by atoms with Crippen LogP contribution in [0.2, 0.25) is 12.6 Å². The Bertz CT molecular complexity index is 558. The highest BCUT2D eigenvalue weighted by Crippen LogP contribution is 2.15. The third-order valence-corrected chi connectivity index (χ3v) is 6.16. The molecular formula is C14H26N4O4Si. The van der Waals surface area contributed by atoms with Gasteiger partial charge in [-0.05, 0) is 39.8 Å². The van der Waals surface area contributed by atoms with Crippen molar-refractivity contribution < 1.29 is 13.6 Å². The van der Waals surface area contributed by atoms with Crippen LogP contribution in [0.15, 0.2) is 10.9 Å². The molecule has 0 bridgehead atoms. The second-order valence-electron chi connectivity index (χ2n) is 5.24. The molecule has 0 aliphatic rings. The number of amides is 2. The molecule has 0 aliphatic carbocycles. The fourth-order valence-corrected chi connectivity index (χ4v) is 4.61. The lowest BCUT2D eigenvalue weighted by atomic mass is 10.4. The van der Waals surface area contributed by atoms with Gasteiger partial charge in [0.05, 0.1) is 0 Å². The van der Waals surface area contributed by atoms with E-state index in [4.69, 9.17) is 8.85 Å². The quantitative estimate of drug-likeness (QED) is 0.468. The number of nitrogens with one attached hydrogen (secondary N) is 3. The number of carbonyl (C=O) groups is 1. The van der Waals surface area contributed by atoms with Gasteiger partial charge in [-0.2, -0.15) is 4.98 Å². The van der Waals surface area contributed by atoms with Gasteiger partial charge in [-0.15, -0.1) is 0 Å². The van der Waals surface area contributed by atoms with E-state index < -0.39 is 20.2 Å². The number of H-pyrrole nitrogens is 1. The van der Waals surface area contributed by atoms with Gasteiger partial charge >= 0.3 is 14.6 Å². The molecule has 23 heavy (non-hydrogen) atoms. The molecule has 0 saturated heterocycles. The van der Waals surface area contributed by atoms with Gasteiger partial charge in [0.15, 0.2) is 0 Å². The Morgan fingerprint density at radius 3 is 2.57 bits per heavy atom. The summed E-state index contributed by atoms with van der Waals surface area (Å²) in [6.45, 7) is 9.40. The van der Waals surface area contributed by atoms with Crippen molar-refractivity contribution in [1.82, 2.24) is 15.3 Å². The van der Waals surface area contributed by atoms with Gasteiger partial charge in [-0.1, -0.05) is 0 Å². The van der Waals surface area contributed by atoms with Crippen LogP contribution in [0.25, 0.3) is 0 Å². The third kappa shape index (κ3) is 7.40. The SMILES string of the molecule is CCO[Si](C)(CCCNC(=O)Nc1nc(=O)cc(C)[nH]1)OCC. The lowest BCUT2D eigenvalue weighted by molar-refractivity contribution is 0.188. The number of nitrogens with zero attached hydrogens (tertiary/aromatic N) is 1. The number of aromatic amines is 1. The van der Waals surface area contributed by atoms with E-state index in [2.05, 4.69) is 20.6 Å². The molecule has 0 aliphatic heterocycles. The topological polar surface area (TPSA) is 105 Å². The van der Waals surface area contributed by atoms with E-state index in [0.717, 1.165) is 12.5 Å². The molecule has 3 N–H and O–H groups in total. The lowest BCUT2D eigenvalue weighted by Crippen LogP contribution is -2.40. The molecule has 1 heterocycles. The Balaban J connectivity index is 2.37. The van der Waals surface area contributed by atoms with E-state index in [1.54, 1.807) is 6.92 Å². The Morgan fingerprint density at radius 1 is 1.35 bits per heavy atom. The van der Waals surface area contributed by atoms with Gasteiger partial charge in [-0.25, -0.2) is 4.79 Å². The van der Waals surface area contributed by atoms with E-state index in [1.165, 1.54) is 6.07 Å². The molecule has 0 saturated carbocycles. The summed E-state index contributed by atoms with van der Waals surface area (Å²) in [4.78, 5) is 29.5. The third-order valence-electron chi connectivity index (χ3n) is 3.10. The number of hydrogen-bond acceptors (Lipinski definition) is 5. The van der Waals surface area contributed by atoms with Gasteiger partial charge < -0.3 is 19.2 Å². The maximum absolute atomic E-state index is 11.8. The number of anilines is 1. The van der Waals surface area contributed by atoms with E-state index in [-0.39, 0.29) is 5.95 Å². The number of hydrogen-bond donors (Lipinski definition) is 3. The molecule has 0 spiro atoms. The second kappa shape index (κ2) is 9.43. The van der Waals surface area contributed by atoms with E-state index in [9.17, 15) is 9.59 Å². The smallest absolute Gasteiger partial charge is 0.334 e. The molecule has 0 unspecified atom stereocenters. The largest absolute Gasteiger partial charge is 0.395 e. The number of carbonyl (C=O) groups excluding carboxylic acids is 1. The first kappa shape index (κ1) is 19.3. The van der Waals surface area contributed by atoms with Crippen LogP contribution in [0.3, 0.4) is 0 Å². The highest BCUT2D eigenvalue weighted by atomic mass is 28.4. The average Bonchev–Trinajstić information content (AvgIpc) is 2.43. The summed E-state index contributed by atoms with van der Waals surface area (Å²) in [5.41, 5.74) is 0.238. The molecule has 130 valence electrons. The number of aromatic nitrogens is 2. The summed E-state index contributed by atoms with van der Waals surface area (Å²) in [7, 11) is -2.14. The van der Waals surface area contributed by atoms with Crippen molar-refractivity contribution in [2.75, 3.05) is 25.1 Å². The molecule has 1 aromatic heterocycles. The van der Waals surface area contributed by atoms with E-state index in [1.807, 2.05) is 20.4 Å². The maximum Gasteiger partial charge on any atom is 0.334 e. The Labute approximate surface area is 137 Å². The maximum atomic E-state index is 11.8. The standard InChI is InChI=1S/C14H26N4O4Si/c1-5-21-23(4,22-6-2)9-7-8-15-14(20)18-13-16-11(3)10-12(19)17-13/h10H,5-9H2,1-4H3,(H3,15,16,17,18,19,20). The van der Waals surface area contributed by atoms with Crippen LogP contribution >= 0.6 is 0 Å². The van der Waals surface area contributed by atoms with Gasteiger partial charge in [0.2, 0.25) is 5.95 Å². The molecule has 1 rings (SSSR count). The molecule has 0 fully saturated rings. The summed E-state index contributed by atoms with van der Waals surface area (Å²) >= 11 is 0. The molecule has 9 heteroatoms. The van der Waals surface area contributed by atoms with Crippen molar-refractivity contribution in [1.29, 1.82) is 0 Å². The minimum absolute atomic E-state index is 0.135. The van der Waals surface area contributed by atoms with Crippen molar-refractivity contribution in [3.8, 4) is 0 Å². The van der Waals surface area contributed by atoms with Crippen molar-refractivity contribution in [3.63, 3.8) is 0 Å². The average molecular weight is 342 g/mol. The molecule has 2 amide bonds. The first-order valence-corrected chi connectivity index (χ1v) is 10.3. The fourth-order valence-electron chi connectivity index (χ4n) is 2.20. The van der Waals surface area contributed by atoms with Crippen LogP contribution in [0.5, 0.6) is 0 Å². The summed E-state index contributed by atoms with van der Waals surface area (Å²) in [6.07, 6.45) is 0.758. The number of rotatable bonds is 9. The zero-order valence-electron chi connectivity index (χ0n) is 14.2. The summed E-state index contributed by atoms with van der Waals surface area (Å²) in [6, 6.07) is 1.75. The molecule has 0 radical (unpaired) electrons. The first-order chi connectivity index (χ1) is 10.9. The molecule has 8 nitrogen and oxygen atoms in total. The van der Waals surface area contributed by atoms with Crippen molar-refractivity contribution in [2.24, 2.45) is 0 Å². The van der Waals surface area contributed by atoms with Gasteiger partial charge in [-0.3, -0.25) is 10.1 Å². The highest BCUT2D eigenvalue weighted by molar-refractivity contribution is 6.66. The Kier molecular flexibility index (Phi) is 7.93. The summed E-state index contributed by atoms with van der Waals surface area (Å²) in [5.74, 6) is 0.135. The molecule has 0 atom stereocenters. The minimum atomic E-state index is -2.14. The summed E-state index contributed by atoms with van der Waals surface area (Å²) < 4.78 is 11.5. The van der Waals surface area contributed by atoms with Crippen LogP contribution in [-0.4, -0.2) is 44.3 Å². The highest BCUT2D eigenvalue weighted by Gasteiger charge is 2.29. The van der Waals surface area contributed by atoms with Crippen LogP contribution < -0.4 is 16.2 Å². The predicted octanol–water partition coefficient (Wildman–Crippen LogP) is 1.73. The van der Waals surface area contributed by atoms with Crippen molar-refractivity contribution in [3.05, 3.63) is 22.1 Å².